The zero-order valence-electron chi connectivity index (χ0n) is 15.9. The van der Waals surface area contributed by atoms with E-state index in [1.54, 1.807) is 12.1 Å². The molecule has 0 saturated heterocycles. The van der Waals surface area contributed by atoms with Crippen LogP contribution in [-0.2, 0) is 17.5 Å². The first-order chi connectivity index (χ1) is 14.0. The molecule has 30 heavy (non-hydrogen) atoms. The molecule has 1 aliphatic carbocycles. The minimum atomic E-state index is -4.75. The lowest BCUT2D eigenvalue weighted by molar-refractivity contribution is -0.182. The van der Waals surface area contributed by atoms with Gasteiger partial charge in [-0.25, -0.2) is 0 Å². The van der Waals surface area contributed by atoms with E-state index in [4.69, 9.17) is 0 Å². The number of carbonyl (C=O) groups excluding carboxylic acids is 1. The van der Waals surface area contributed by atoms with E-state index in [2.05, 4.69) is 14.7 Å². The van der Waals surface area contributed by atoms with E-state index in [1.807, 2.05) is 0 Å². The molecule has 1 aliphatic rings. The Kier molecular flexibility index (Phi) is 6.09. The summed E-state index contributed by atoms with van der Waals surface area (Å²) in [5.41, 5.74) is 0.920. The second-order valence-electron chi connectivity index (χ2n) is 7.22. The molecular formula is C19H19F6N3O2. The summed E-state index contributed by atoms with van der Waals surface area (Å²) in [6.07, 6.45) is -8.49. The van der Waals surface area contributed by atoms with Gasteiger partial charge in [0, 0.05) is 24.6 Å². The Morgan fingerprint density at radius 1 is 1.17 bits per heavy atom. The van der Waals surface area contributed by atoms with Crippen molar-refractivity contribution in [1.29, 1.82) is 0 Å². The summed E-state index contributed by atoms with van der Waals surface area (Å²) in [4.78, 5) is 17.3. The van der Waals surface area contributed by atoms with Crippen LogP contribution >= 0.6 is 0 Å². The van der Waals surface area contributed by atoms with Crippen LogP contribution in [0, 0.1) is 5.92 Å². The molecule has 5 nitrogen and oxygen atoms in total. The molecule has 2 aromatic rings. The number of alkyl halides is 6. The quantitative estimate of drug-likeness (QED) is 0.560. The molecule has 1 unspecified atom stereocenters. The van der Waals surface area contributed by atoms with Crippen LogP contribution in [0.5, 0.6) is 0 Å². The number of benzene rings is 1. The Hall–Kier alpha value is -2.59. The van der Waals surface area contributed by atoms with Gasteiger partial charge < -0.3 is 9.42 Å². The SMILES string of the molecule is CCC(CC(=O)N(Cc1ccc(-c2noc(C(F)(F)F)n2)cc1)C1CC1)C(F)(F)F. The third kappa shape index (κ3) is 5.31. The van der Waals surface area contributed by atoms with E-state index in [9.17, 15) is 31.1 Å². The van der Waals surface area contributed by atoms with Crippen molar-refractivity contribution in [2.24, 2.45) is 5.92 Å². The highest BCUT2D eigenvalue weighted by Crippen LogP contribution is 2.35. The minimum Gasteiger partial charge on any atom is -0.335 e. The van der Waals surface area contributed by atoms with Crippen LogP contribution < -0.4 is 0 Å². The lowest BCUT2D eigenvalue weighted by Gasteiger charge is -2.26. The fourth-order valence-electron chi connectivity index (χ4n) is 3.04. The van der Waals surface area contributed by atoms with Crippen LogP contribution in [0.2, 0.25) is 0 Å². The predicted molar refractivity (Wildman–Crippen MR) is 92.8 cm³/mol. The van der Waals surface area contributed by atoms with Gasteiger partial charge in [0.05, 0.1) is 5.92 Å². The Bertz CT molecular complexity index is 872. The topological polar surface area (TPSA) is 59.2 Å². The number of aromatic nitrogens is 2. The number of hydrogen-bond acceptors (Lipinski definition) is 4. The molecule has 11 heteroatoms. The fraction of sp³-hybridized carbons (Fsp3) is 0.526. The van der Waals surface area contributed by atoms with Gasteiger partial charge in [0.25, 0.3) is 0 Å². The number of halogens is 6. The molecule has 1 aromatic carbocycles. The molecule has 0 radical (unpaired) electrons. The summed E-state index contributed by atoms with van der Waals surface area (Å²) >= 11 is 0. The molecule has 0 spiro atoms. The summed E-state index contributed by atoms with van der Waals surface area (Å²) < 4.78 is 80.9. The van der Waals surface area contributed by atoms with Gasteiger partial charge in [0.15, 0.2) is 0 Å². The highest BCUT2D eigenvalue weighted by atomic mass is 19.4. The van der Waals surface area contributed by atoms with Gasteiger partial charge in [-0.2, -0.15) is 31.3 Å². The van der Waals surface area contributed by atoms with E-state index in [1.165, 1.54) is 24.0 Å². The van der Waals surface area contributed by atoms with E-state index in [-0.39, 0.29) is 30.4 Å². The molecule has 0 aliphatic heterocycles. The molecule has 1 heterocycles. The van der Waals surface area contributed by atoms with Gasteiger partial charge in [-0.05, 0) is 24.8 Å². The molecule has 1 amide bonds. The second kappa shape index (κ2) is 8.27. The number of hydrogen-bond donors (Lipinski definition) is 0. The first kappa shape index (κ1) is 22.1. The van der Waals surface area contributed by atoms with Crippen molar-refractivity contribution in [2.45, 2.75) is 57.5 Å². The summed E-state index contributed by atoms with van der Waals surface area (Å²) in [7, 11) is 0. The number of amides is 1. The van der Waals surface area contributed by atoms with Crippen molar-refractivity contribution in [3.8, 4) is 11.4 Å². The van der Waals surface area contributed by atoms with Crippen LogP contribution in [0.4, 0.5) is 26.3 Å². The number of nitrogens with zero attached hydrogens (tertiary/aromatic N) is 3. The van der Waals surface area contributed by atoms with Crippen molar-refractivity contribution < 1.29 is 35.7 Å². The van der Waals surface area contributed by atoms with Gasteiger partial charge in [-0.15, -0.1) is 0 Å². The predicted octanol–water partition coefficient (Wildman–Crippen LogP) is 5.23. The monoisotopic (exact) mass is 435 g/mol. The average Bonchev–Trinajstić information content (AvgIpc) is 3.37. The average molecular weight is 435 g/mol. The van der Waals surface area contributed by atoms with Gasteiger partial charge in [0.1, 0.15) is 0 Å². The van der Waals surface area contributed by atoms with Gasteiger partial charge in [-0.3, -0.25) is 4.79 Å². The molecule has 0 N–H and O–H groups in total. The maximum atomic E-state index is 13.0. The van der Waals surface area contributed by atoms with E-state index in [0.29, 0.717) is 5.56 Å². The molecule has 3 rings (SSSR count). The molecule has 0 bridgehead atoms. The maximum absolute atomic E-state index is 13.0. The van der Waals surface area contributed by atoms with Crippen molar-refractivity contribution in [1.82, 2.24) is 15.0 Å². The Morgan fingerprint density at radius 2 is 1.80 bits per heavy atom. The van der Waals surface area contributed by atoms with Crippen molar-refractivity contribution in [3.63, 3.8) is 0 Å². The largest absolute Gasteiger partial charge is 0.471 e. The van der Waals surface area contributed by atoms with Gasteiger partial charge >= 0.3 is 18.2 Å². The zero-order valence-corrected chi connectivity index (χ0v) is 15.9. The Labute approximate surface area is 168 Å². The van der Waals surface area contributed by atoms with Crippen molar-refractivity contribution in [2.75, 3.05) is 0 Å². The number of rotatable bonds is 7. The molecule has 164 valence electrons. The molecule has 1 fully saturated rings. The fourth-order valence-corrected chi connectivity index (χ4v) is 3.04. The van der Waals surface area contributed by atoms with Crippen LogP contribution in [-0.4, -0.2) is 33.2 Å². The third-order valence-electron chi connectivity index (χ3n) is 4.92. The standard InChI is InChI=1S/C19H19F6N3O2/c1-2-13(18(20,21)22)9-15(29)28(14-7-8-14)10-11-3-5-12(6-4-11)16-26-17(30-27-16)19(23,24)25/h3-6,13-14H,2,7-10H2,1H3. The molecular weight excluding hydrogens is 416 g/mol. The molecule has 1 saturated carbocycles. The third-order valence-corrected chi connectivity index (χ3v) is 4.92. The first-order valence-corrected chi connectivity index (χ1v) is 9.35. The van der Waals surface area contributed by atoms with Gasteiger partial charge in [0.2, 0.25) is 11.7 Å². The lowest BCUT2D eigenvalue weighted by atomic mass is 10.0. The second-order valence-corrected chi connectivity index (χ2v) is 7.22. The van der Waals surface area contributed by atoms with Crippen molar-refractivity contribution >= 4 is 5.91 Å². The first-order valence-electron chi connectivity index (χ1n) is 9.35. The van der Waals surface area contributed by atoms with E-state index >= 15 is 0 Å². The lowest BCUT2D eigenvalue weighted by Crippen LogP contribution is -2.36. The zero-order chi connectivity index (χ0) is 22.1. The van der Waals surface area contributed by atoms with Crippen LogP contribution in [0.3, 0.4) is 0 Å². The summed E-state index contributed by atoms with van der Waals surface area (Å²) in [5.74, 6) is -3.93. The van der Waals surface area contributed by atoms with Gasteiger partial charge in [-0.1, -0.05) is 36.3 Å². The van der Waals surface area contributed by atoms with Crippen LogP contribution in [0.1, 0.15) is 44.1 Å². The minimum absolute atomic E-state index is 0.0885. The van der Waals surface area contributed by atoms with Crippen LogP contribution in [0.25, 0.3) is 11.4 Å². The smallest absolute Gasteiger partial charge is 0.335 e. The van der Waals surface area contributed by atoms with Crippen LogP contribution in [0.15, 0.2) is 28.8 Å². The highest BCUT2D eigenvalue weighted by Gasteiger charge is 2.42. The summed E-state index contributed by atoms with van der Waals surface area (Å²) in [6.45, 7) is 1.52. The van der Waals surface area contributed by atoms with E-state index in [0.717, 1.165) is 12.8 Å². The Balaban J connectivity index is 1.69. The molecule has 1 atom stereocenters. The number of carbonyl (C=O) groups is 1. The van der Waals surface area contributed by atoms with Crippen molar-refractivity contribution in [3.05, 3.63) is 35.7 Å². The highest BCUT2D eigenvalue weighted by molar-refractivity contribution is 5.77. The summed E-state index contributed by atoms with van der Waals surface area (Å²) in [5, 5.41) is 3.30. The Morgan fingerprint density at radius 3 is 2.27 bits per heavy atom. The van der Waals surface area contributed by atoms with E-state index < -0.39 is 36.5 Å². The summed E-state index contributed by atoms with van der Waals surface area (Å²) in [6, 6.07) is 6.00. The normalized spacial score (nSPS) is 15.8. The maximum Gasteiger partial charge on any atom is 0.471 e. The molecule has 1 aromatic heterocycles.